The zero-order valence-electron chi connectivity index (χ0n) is 11.9. The van der Waals surface area contributed by atoms with Crippen LogP contribution in [-0.2, 0) is 15.3 Å². The summed E-state index contributed by atoms with van der Waals surface area (Å²) in [4.78, 5) is 26.3. The predicted octanol–water partition coefficient (Wildman–Crippen LogP) is 1.56. The lowest BCUT2D eigenvalue weighted by molar-refractivity contribution is -0.137. The van der Waals surface area contributed by atoms with Gasteiger partial charge in [0.15, 0.2) is 0 Å². The predicted molar refractivity (Wildman–Crippen MR) is 81.1 cm³/mol. The van der Waals surface area contributed by atoms with Crippen molar-refractivity contribution in [2.45, 2.75) is 17.9 Å². The molecular formula is C14H15N3O4S. The molecule has 7 nitrogen and oxygen atoms in total. The minimum atomic E-state index is -1.07. The van der Waals surface area contributed by atoms with Crippen molar-refractivity contribution in [1.29, 1.82) is 0 Å². The molecule has 0 bridgehead atoms. The maximum atomic E-state index is 11.6. The number of aliphatic carboxylic acids is 1. The second kappa shape index (κ2) is 7.60. The van der Waals surface area contributed by atoms with Gasteiger partial charge in [0.1, 0.15) is 6.54 Å². The molecule has 8 heteroatoms. The molecule has 0 saturated heterocycles. The molecule has 2 N–H and O–H groups in total. The van der Waals surface area contributed by atoms with E-state index in [1.165, 1.54) is 11.8 Å². The number of thioether (sulfide) groups is 1. The molecule has 1 heterocycles. The normalized spacial score (nSPS) is 11.9. The van der Waals surface area contributed by atoms with Gasteiger partial charge >= 0.3 is 5.97 Å². The molecule has 0 aliphatic carbocycles. The first kappa shape index (κ1) is 16.0. The van der Waals surface area contributed by atoms with Gasteiger partial charge in [0.2, 0.25) is 17.6 Å². The topological polar surface area (TPSA) is 105 Å². The summed E-state index contributed by atoms with van der Waals surface area (Å²) in [7, 11) is 0. The van der Waals surface area contributed by atoms with Crippen LogP contribution in [0.3, 0.4) is 0 Å². The van der Waals surface area contributed by atoms with E-state index in [9.17, 15) is 9.59 Å². The average Bonchev–Trinajstić information content (AvgIpc) is 3.00. The van der Waals surface area contributed by atoms with Crippen LogP contribution >= 0.6 is 11.8 Å². The van der Waals surface area contributed by atoms with Gasteiger partial charge in [0.05, 0.1) is 11.0 Å². The molecule has 1 atom stereocenters. The number of hydrogen-bond acceptors (Lipinski definition) is 6. The Balaban J connectivity index is 1.86. The Bertz CT molecular complexity index is 645. The maximum absolute atomic E-state index is 11.6. The smallest absolute Gasteiger partial charge is 0.322 e. The van der Waals surface area contributed by atoms with E-state index in [1.807, 2.05) is 30.3 Å². The molecule has 0 aliphatic rings. The Kier molecular flexibility index (Phi) is 5.54. The third kappa shape index (κ3) is 4.59. The van der Waals surface area contributed by atoms with Gasteiger partial charge in [-0.3, -0.25) is 9.59 Å². The Morgan fingerprint density at radius 3 is 2.77 bits per heavy atom. The lowest BCUT2D eigenvalue weighted by Crippen LogP contribution is -2.34. The monoisotopic (exact) mass is 321 g/mol. The molecule has 1 amide bonds. The van der Waals surface area contributed by atoms with Crippen LogP contribution in [0.15, 0.2) is 34.9 Å². The Labute approximate surface area is 131 Å². The van der Waals surface area contributed by atoms with Crippen molar-refractivity contribution in [3.05, 3.63) is 36.2 Å². The molecular weight excluding hydrogens is 306 g/mol. The van der Waals surface area contributed by atoms with E-state index in [0.29, 0.717) is 17.5 Å². The van der Waals surface area contributed by atoms with Gasteiger partial charge in [0, 0.05) is 5.56 Å². The fourth-order valence-corrected chi connectivity index (χ4v) is 2.34. The van der Waals surface area contributed by atoms with Crippen molar-refractivity contribution < 1.29 is 19.2 Å². The molecule has 0 radical (unpaired) electrons. The molecule has 1 aromatic carbocycles. The van der Waals surface area contributed by atoms with Gasteiger partial charge < -0.3 is 14.9 Å². The van der Waals surface area contributed by atoms with Gasteiger partial charge in [-0.15, -0.1) is 11.8 Å². The number of nitrogens with one attached hydrogen (secondary N) is 1. The first-order chi connectivity index (χ1) is 10.6. The third-order valence-corrected chi connectivity index (χ3v) is 3.87. The summed E-state index contributed by atoms with van der Waals surface area (Å²) >= 11 is 1.30. The molecule has 0 aliphatic heterocycles. The van der Waals surface area contributed by atoms with E-state index in [1.54, 1.807) is 6.92 Å². The number of carboxylic acid groups (broad SMARTS) is 1. The second-order valence-corrected chi connectivity index (χ2v) is 5.77. The van der Waals surface area contributed by atoms with Crippen molar-refractivity contribution in [2.75, 3.05) is 6.54 Å². The number of amides is 1. The van der Waals surface area contributed by atoms with Crippen LogP contribution in [0.25, 0.3) is 11.4 Å². The summed E-state index contributed by atoms with van der Waals surface area (Å²) in [5.74, 6) is -0.118. The average molecular weight is 321 g/mol. The van der Waals surface area contributed by atoms with Crippen LogP contribution in [0.5, 0.6) is 0 Å². The van der Waals surface area contributed by atoms with Crippen LogP contribution in [0.1, 0.15) is 12.8 Å². The zero-order chi connectivity index (χ0) is 15.9. The molecule has 0 spiro atoms. The number of aromatic nitrogens is 2. The number of benzene rings is 1. The minimum Gasteiger partial charge on any atom is -0.480 e. The quantitative estimate of drug-likeness (QED) is 0.797. The molecule has 0 fully saturated rings. The van der Waals surface area contributed by atoms with Crippen LogP contribution < -0.4 is 5.32 Å². The molecule has 0 saturated carbocycles. The Morgan fingerprint density at radius 2 is 2.09 bits per heavy atom. The first-order valence-corrected chi connectivity index (χ1v) is 7.60. The standard InChI is InChI=1S/C14H15N3O4S/c1-9(14(20)15-7-12(18)19)22-8-11-16-13(17-21-11)10-5-3-2-4-6-10/h2-6,9H,7-8H2,1H3,(H,15,20)(H,18,19). The van der Waals surface area contributed by atoms with Crippen LogP contribution in [0.4, 0.5) is 0 Å². The van der Waals surface area contributed by atoms with Gasteiger partial charge in [-0.25, -0.2) is 0 Å². The number of carbonyl (C=O) groups excluding carboxylic acids is 1. The zero-order valence-corrected chi connectivity index (χ0v) is 12.7. The van der Waals surface area contributed by atoms with Crippen molar-refractivity contribution in [3.8, 4) is 11.4 Å². The van der Waals surface area contributed by atoms with Crippen molar-refractivity contribution in [2.24, 2.45) is 0 Å². The Morgan fingerprint density at radius 1 is 1.36 bits per heavy atom. The summed E-state index contributed by atoms with van der Waals surface area (Å²) in [6.45, 7) is 1.30. The van der Waals surface area contributed by atoms with Gasteiger partial charge in [0.25, 0.3) is 0 Å². The van der Waals surface area contributed by atoms with E-state index in [-0.39, 0.29) is 12.5 Å². The van der Waals surface area contributed by atoms with Gasteiger partial charge in [-0.1, -0.05) is 35.5 Å². The SMILES string of the molecule is CC(SCc1nc(-c2ccccc2)no1)C(=O)NCC(=O)O. The molecule has 116 valence electrons. The van der Waals surface area contributed by atoms with E-state index >= 15 is 0 Å². The number of hydrogen-bond donors (Lipinski definition) is 2. The molecule has 1 aromatic heterocycles. The van der Waals surface area contributed by atoms with Crippen molar-refractivity contribution >= 4 is 23.6 Å². The molecule has 22 heavy (non-hydrogen) atoms. The van der Waals surface area contributed by atoms with Crippen molar-refractivity contribution in [3.63, 3.8) is 0 Å². The summed E-state index contributed by atoms with van der Waals surface area (Å²) in [6, 6.07) is 9.43. The molecule has 2 aromatic rings. The van der Waals surface area contributed by atoms with E-state index in [2.05, 4.69) is 15.5 Å². The number of carboxylic acids is 1. The van der Waals surface area contributed by atoms with Crippen molar-refractivity contribution in [1.82, 2.24) is 15.5 Å². The second-order valence-electron chi connectivity index (χ2n) is 4.44. The number of carbonyl (C=O) groups is 2. The van der Waals surface area contributed by atoms with Crippen LogP contribution in [0.2, 0.25) is 0 Å². The highest BCUT2D eigenvalue weighted by Crippen LogP contribution is 2.20. The van der Waals surface area contributed by atoms with E-state index < -0.39 is 11.2 Å². The van der Waals surface area contributed by atoms with Crippen LogP contribution in [0, 0.1) is 0 Å². The largest absolute Gasteiger partial charge is 0.480 e. The third-order valence-electron chi connectivity index (χ3n) is 2.74. The maximum Gasteiger partial charge on any atom is 0.322 e. The van der Waals surface area contributed by atoms with Gasteiger partial charge in [-0.05, 0) is 6.92 Å². The first-order valence-electron chi connectivity index (χ1n) is 6.55. The fraction of sp³-hybridized carbons (Fsp3) is 0.286. The highest BCUT2D eigenvalue weighted by atomic mass is 32.2. The number of rotatable bonds is 7. The summed E-state index contributed by atoms with van der Waals surface area (Å²) < 4.78 is 5.14. The molecule has 2 rings (SSSR count). The van der Waals surface area contributed by atoms with E-state index in [0.717, 1.165) is 5.56 Å². The highest BCUT2D eigenvalue weighted by Gasteiger charge is 2.16. The minimum absolute atomic E-state index is 0.338. The van der Waals surface area contributed by atoms with Crippen LogP contribution in [-0.4, -0.2) is 38.9 Å². The lowest BCUT2D eigenvalue weighted by Gasteiger charge is -2.08. The summed E-state index contributed by atoms with van der Waals surface area (Å²) in [5, 5.41) is 14.3. The Hall–Kier alpha value is -2.35. The summed E-state index contributed by atoms with van der Waals surface area (Å²) in [5.41, 5.74) is 0.856. The molecule has 1 unspecified atom stereocenters. The van der Waals surface area contributed by atoms with Gasteiger partial charge in [-0.2, -0.15) is 4.98 Å². The van der Waals surface area contributed by atoms with E-state index in [4.69, 9.17) is 9.63 Å². The fourth-order valence-electron chi connectivity index (χ4n) is 1.60. The summed E-state index contributed by atoms with van der Waals surface area (Å²) in [6.07, 6.45) is 0. The highest BCUT2D eigenvalue weighted by molar-refractivity contribution is 7.99. The number of nitrogens with zero attached hydrogens (tertiary/aromatic N) is 2. The lowest BCUT2D eigenvalue weighted by atomic mass is 10.2.